The molecule has 6 nitrogen and oxygen atoms in total. The van der Waals surface area contributed by atoms with Crippen LogP contribution >= 0.6 is 34.5 Å². The van der Waals surface area contributed by atoms with Crippen LogP contribution < -0.4 is 11.0 Å². The van der Waals surface area contributed by atoms with Gasteiger partial charge in [0.15, 0.2) is 0 Å². The average molecular weight is 409 g/mol. The number of carbonyl (C=O) groups is 1. The third kappa shape index (κ3) is 3.80. The highest BCUT2D eigenvalue weighted by molar-refractivity contribution is 7.18. The highest BCUT2D eigenvalue weighted by Crippen LogP contribution is 2.25. The molecule has 2 aromatic heterocycles. The van der Waals surface area contributed by atoms with Crippen molar-refractivity contribution in [2.75, 3.05) is 0 Å². The number of H-pyrrole nitrogens is 1. The highest BCUT2D eigenvalue weighted by Gasteiger charge is 2.13. The molecule has 0 aliphatic rings. The molecule has 0 unspecified atom stereocenters. The van der Waals surface area contributed by atoms with Gasteiger partial charge in [-0.1, -0.05) is 29.3 Å². The largest absolute Gasteiger partial charge is 0.309 e. The minimum Gasteiger partial charge on any atom is -0.309 e. The van der Waals surface area contributed by atoms with Gasteiger partial charge in [0.2, 0.25) is 5.91 Å². The van der Waals surface area contributed by atoms with Crippen LogP contribution in [-0.4, -0.2) is 22.1 Å². The van der Waals surface area contributed by atoms with E-state index in [0.29, 0.717) is 25.8 Å². The molecule has 3 aromatic rings. The Balaban J connectivity index is 1.73. The summed E-state index contributed by atoms with van der Waals surface area (Å²) in [4.78, 5) is 32.9. The quantitative estimate of drug-likeness (QED) is 0.510. The molecule has 2 heterocycles. The summed E-state index contributed by atoms with van der Waals surface area (Å²) in [6, 6.07) is 5.06. The van der Waals surface area contributed by atoms with Gasteiger partial charge in [-0.2, -0.15) is 5.10 Å². The van der Waals surface area contributed by atoms with E-state index in [0.717, 1.165) is 10.4 Å². The van der Waals surface area contributed by atoms with Crippen LogP contribution in [0, 0.1) is 13.8 Å². The lowest BCUT2D eigenvalue weighted by molar-refractivity contribution is -0.120. The van der Waals surface area contributed by atoms with Crippen LogP contribution in [0.5, 0.6) is 0 Å². The van der Waals surface area contributed by atoms with Gasteiger partial charge in [0, 0.05) is 10.4 Å². The molecule has 0 fully saturated rings. The standard InChI is InChI=1S/C17H14Cl2N4O2S/c1-8-9(2)26-17-15(8)16(25)21-13(22-17)6-14(24)23-20-7-10-11(18)4-3-5-12(10)19/h3-5,7H,6H2,1-2H3,(H,23,24)(H,21,22,25)/b20-7+. The second kappa shape index (κ2) is 7.57. The fourth-order valence-electron chi connectivity index (χ4n) is 2.38. The molecule has 0 saturated heterocycles. The van der Waals surface area contributed by atoms with E-state index in [1.165, 1.54) is 17.6 Å². The molecule has 0 aliphatic carbocycles. The topological polar surface area (TPSA) is 87.2 Å². The molecule has 1 amide bonds. The van der Waals surface area contributed by atoms with E-state index in [4.69, 9.17) is 23.2 Å². The molecule has 134 valence electrons. The van der Waals surface area contributed by atoms with Crippen molar-refractivity contribution in [1.29, 1.82) is 0 Å². The summed E-state index contributed by atoms with van der Waals surface area (Å²) in [5, 5.41) is 5.28. The van der Waals surface area contributed by atoms with E-state index < -0.39 is 5.91 Å². The van der Waals surface area contributed by atoms with Crippen molar-refractivity contribution in [1.82, 2.24) is 15.4 Å². The zero-order valence-corrected chi connectivity index (χ0v) is 16.2. The number of nitrogens with zero attached hydrogens (tertiary/aromatic N) is 2. The van der Waals surface area contributed by atoms with Crippen LogP contribution in [0.25, 0.3) is 10.2 Å². The number of hydrogen-bond donors (Lipinski definition) is 2. The number of amides is 1. The van der Waals surface area contributed by atoms with E-state index in [-0.39, 0.29) is 17.8 Å². The number of hydrogen-bond acceptors (Lipinski definition) is 5. The third-order valence-corrected chi connectivity index (χ3v) is 5.56. The Labute approximate surface area is 162 Å². The number of nitrogens with one attached hydrogen (secondary N) is 2. The number of aromatic nitrogens is 2. The van der Waals surface area contributed by atoms with E-state index in [1.54, 1.807) is 18.2 Å². The first-order valence-corrected chi connectivity index (χ1v) is 9.19. The summed E-state index contributed by atoms with van der Waals surface area (Å²) in [5.74, 6) is -0.135. The van der Waals surface area contributed by atoms with Crippen LogP contribution in [-0.2, 0) is 11.2 Å². The van der Waals surface area contributed by atoms with Gasteiger partial charge in [0.05, 0.1) is 28.1 Å². The van der Waals surface area contributed by atoms with Gasteiger partial charge in [0.1, 0.15) is 10.7 Å². The zero-order valence-electron chi connectivity index (χ0n) is 13.9. The Bertz CT molecular complexity index is 1070. The van der Waals surface area contributed by atoms with E-state index in [1.807, 2.05) is 13.8 Å². The number of carbonyl (C=O) groups excluding carboxylic acids is 1. The van der Waals surface area contributed by atoms with Gasteiger partial charge in [-0.15, -0.1) is 11.3 Å². The lowest BCUT2D eigenvalue weighted by Crippen LogP contribution is -2.23. The van der Waals surface area contributed by atoms with Crippen molar-refractivity contribution < 1.29 is 4.79 Å². The molecule has 0 atom stereocenters. The Morgan fingerprint density at radius 2 is 2.04 bits per heavy atom. The SMILES string of the molecule is Cc1sc2nc(CC(=O)N/N=C/c3c(Cl)cccc3Cl)[nH]c(=O)c2c1C. The van der Waals surface area contributed by atoms with Gasteiger partial charge in [-0.25, -0.2) is 10.4 Å². The second-order valence-corrected chi connectivity index (χ2v) is 7.60. The predicted molar refractivity (Wildman–Crippen MR) is 106 cm³/mol. The minimum atomic E-state index is -0.420. The van der Waals surface area contributed by atoms with Crippen molar-refractivity contribution in [3.8, 4) is 0 Å². The van der Waals surface area contributed by atoms with Gasteiger partial charge < -0.3 is 4.98 Å². The van der Waals surface area contributed by atoms with E-state index in [2.05, 4.69) is 20.5 Å². The summed E-state index contributed by atoms with van der Waals surface area (Å²) in [6.07, 6.45) is 1.27. The Hall–Kier alpha value is -2.22. The predicted octanol–water partition coefficient (Wildman–Crippen LogP) is 3.60. The van der Waals surface area contributed by atoms with Crippen molar-refractivity contribution in [2.45, 2.75) is 20.3 Å². The Kier molecular flexibility index (Phi) is 5.41. The molecule has 26 heavy (non-hydrogen) atoms. The highest BCUT2D eigenvalue weighted by atomic mass is 35.5. The van der Waals surface area contributed by atoms with Crippen LogP contribution in [0.3, 0.4) is 0 Å². The van der Waals surface area contributed by atoms with Gasteiger partial charge in [-0.3, -0.25) is 9.59 Å². The number of fused-ring (bicyclic) bond motifs is 1. The average Bonchev–Trinajstić information content (AvgIpc) is 2.85. The number of halogens is 2. The molecule has 0 spiro atoms. The minimum absolute atomic E-state index is 0.102. The van der Waals surface area contributed by atoms with Gasteiger partial charge >= 0.3 is 0 Å². The molecule has 0 saturated carbocycles. The Morgan fingerprint density at radius 3 is 2.73 bits per heavy atom. The molecule has 0 aliphatic heterocycles. The van der Waals surface area contributed by atoms with Crippen molar-refractivity contribution in [3.05, 3.63) is 60.4 Å². The van der Waals surface area contributed by atoms with Crippen molar-refractivity contribution >= 4 is 56.9 Å². The lowest BCUT2D eigenvalue weighted by Gasteiger charge is -2.02. The third-order valence-electron chi connectivity index (χ3n) is 3.80. The van der Waals surface area contributed by atoms with Crippen LogP contribution in [0.15, 0.2) is 28.1 Å². The molecule has 9 heteroatoms. The molecule has 0 radical (unpaired) electrons. The first-order valence-electron chi connectivity index (χ1n) is 7.61. The smallest absolute Gasteiger partial charge is 0.259 e. The summed E-state index contributed by atoms with van der Waals surface area (Å²) in [5.41, 5.74) is 3.55. The van der Waals surface area contributed by atoms with Crippen LogP contribution in [0.1, 0.15) is 21.8 Å². The zero-order chi connectivity index (χ0) is 18.8. The summed E-state index contributed by atoms with van der Waals surface area (Å²) >= 11 is 13.5. The first kappa shape index (κ1) is 18.6. The maximum Gasteiger partial charge on any atom is 0.259 e. The van der Waals surface area contributed by atoms with Gasteiger partial charge in [0.25, 0.3) is 5.56 Å². The van der Waals surface area contributed by atoms with E-state index in [9.17, 15) is 9.59 Å². The fraction of sp³-hybridized carbons (Fsp3) is 0.176. The number of aryl methyl sites for hydroxylation is 2. The van der Waals surface area contributed by atoms with Crippen molar-refractivity contribution in [3.63, 3.8) is 0 Å². The van der Waals surface area contributed by atoms with Gasteiger partial charge in [-0.05, 0) is 31.5 Å². The summed E-state index contributed by atoms with van der Waals surface area (Å²) in [6.45, 7) is 3.81. The van der Waals surface area contributed by atoms with Crippen molar-refractivity contribution in [2.24, 2.45) is 5.10 Å². The fourth-order valence-corrected chi connectivity index (χ4v) is 3.92. The van der Waals surface area contributed by atoms with E-state index >= 15 is 0 Å². The molecular formula is C17H14Cl2N4O2S. The number of aromatic amines is 1. The monoisotopic (exact) mass is 408 g/mol. The number of benzene rings is 1. The van der Waals surface area contributed by atoms with Crippen LogP contribution in [0.4, 0.5) is 0 Å². The molecule has 2 N–H and O–H groups in total. The molecule has 0 bridgehead atoms. The Morgan fingerprint density at radius 1 is 1.35 bits per heavy atom. The lowest BCUT2D eigenvalue weighted by atomic mass is 10.2. The molecule has 1 aromatic carbocycles. The summed E-state index contributed by atoms with van der Waals surface area (Å²) < 4.78 is 0. The molecule has 3 rings (SSSR count). The normalized spacial score (nSPS) is 11.4. The number of thiophene rings is 1. The maximum atomic E-state index is 12.2. The number of hydrazone groups is 1. The maximum absolute atomic E-state index is 12.2. The molecular weight excluding hydrogens is 395 g/mol. The van der Waals surface area contributed by atoms with Crippen LogP contribution in [0.2, 0.25) is 10.0 Å². The number of rotatable bonds is 4. The second-order valence-electron chi connectivity index (χ2n) is 5.58. The summed E-state index contributed by atoms with van der Waals surface area (Å²) in [7, 11) is 0. The first-order chi connectivity index (χ1) is 12.4.